The molecule has 182 valence electrons. The molecule has 1 atom stereocenters. The van der Waals surface area contributed by atoms with Crippen molar-refractivity contribution in [2.75, 3.05) is 50.7 Å². The zero-order chi connectivity index (χ0) is 23.0. The van der Waals surface area contributed by atoms with Crippen molar-refractivity contribution in [3.63, 3.8) is 0 Å². The predicted octanol–water partition coefficient (Wildman–Crippen LogP) is 2.10. The zero-order valence-corrected chi connectivity index (χ0v) is 21.9. The van der Waals surface area contributed by atoms with Crippen LogP contribution in [0.15, 0.2) is 45.9 Å². The Morgan fingerprint density at radius 1 is 1.21 bits per heavy atom. The fourth-order valence-corrected chi connectivity index (χ4v) is 3.55. The number of pyridine rings is 1. The van der Waals surface area contributed by atoms with Crippen LogP contribution in [0.3, 0.4) is 0 Å². The van der Waals surface area contributed by atoms with E-state index in [2.05, 4.69) is 25.5 Å². The number of rotatable bonds is 8. The highest BCUT2D eigenvalue weighted by molar-refractivity contribution is 14.0. The van der Waals surface area contributed by atoms with E-state index in [0.29, 0.717) is 44.3 Å². The minimum Gasteiger partial charge on any atom is -0.463 e. The van der Waals surface area contributed by atoms with Crippen LogP contribution < -0.4 is 15.5 Å². The Hall–Kier alpha value is -2.34. The van der Waals surface area contributed by atoms with Crippen molar-refractivity contribution in [1.29, 1.82) is 0 Å². The molecule has 1 aliphatic heterocycles. The van der Waals surface area contributed by atoms with Crippen molar-refractivity contribution < 1.29 is 14.3 Å². The van der Waals surface area contributed by atoms with E-state index in [9.17, 15) is 9.90 Å². The first-order valence-electron chi connectivity index (χ1n) is 11.1. The van der Waals surface area contributed by atoms with Crippen molar-refractivity contribution in [3.05, 3.63) is 48.0 Å². The van der Waals surface area contributed by atoms with Crippen molar-refractivity contribution in [1.82, 2.24) is 20.5 Å². The molecule has 0 spiro atoms. The van der Waals surface area contributed by atoms with Gasteiger partial charge in [-0.05, 0) is 45.0 Å². The second-order valence-corrected chi connectivity index (χ2v) is 8.11. The number of guanidine groups is 1. The number of carbonyl (C=O) groups excluding carboxylic acids is 1. The van der Waals surface area contributed by atoms with Gasteiger partial charge in [0.15, 0.2) is 5.96 Å². The maximum absolute atomic E-state index is 12.6. The number of furan rings is 1. The summed E-state index contributed by atoms with van der Waals surface area (Å²) in [6.45, 7) is 9.70. The van der Waals surface area contributed by atoms with E-state index in [1.54, 1.807) is 19.2 Å². The number of hydrogen-bond acceptors (Lipinski definition) is 6. The van der Waals surface area contributed by atoms with E-state index in [0.717, 1.165) is 24.7 Å². The number of aromatic nitrogens is 1. The maximum Gasteiger partial charge on any atom is 0.224 e. The van der Waals surface area contributed by atoms with E-state index in [-0.39, 0.29) is 36.4 Å². The minimum atomic E-state index is -1.21. The molecule has 1 unspecified atom stereocenters. The third kappa shape index (κ3) is 7.88. The topological polar surface area (TPSA) is 106 Å². The standard InChI is InChI=1S/C23H34N6O3.HI/c1-4-24-22(27-17-23(3,31)19-9-8-18(2)32-19)26-12-10-21(30)29-15-13-28(14-16-29)20-7-5-6-11-25-20;/h5-9,11,31H,4,10,12-17H2,1-3H3,(H2,24,26,27);1H. The first-order valence-corrected chi connectivity index (χ1v) is 11.1. The molecule has 1 amide bonds. The molecule has 10 heteroatoms. The first-order chi connectivity index (χ1) is 15.4. The van der Waals surface area contributed by atoms with Crippen molar-refractivity contribution in [2.45, 2.75) is 32.8 Å². The lowest BCUT2D eigenvalue weighted by molar-refractivity contribution is -0.131. The fourth-order valence-electron chi connectivity index (χ4n) is 3.55. The van der Waals surface area contributed by atoms with Crippen molar-refractivity contribution in [2.24, 2.45) is 4.99 Å². The maximum atomic E-state index is 12.6. The number of aryl methyl sites for hydroxylation is 1. The van der Waals surface area contributed by atoms with Gasteiger partial charge in [0, 0.05) is 51.9 Å². The van der Waals surface area contributed by atoms with Crippen LogP contribution in [-0.4, -0.2) is 72.7 Å². The third-order valence-corrected chi connectivity index (χ3v) is 5.40. The highest BCUT2D eigenvalue weighted by atomic mass is 127. The third-order valence-electron chi connectivity index (χ3n) is 5.40. The number of anilines is 1. The molecule has 0 bridgehead atoms. The minimum absolute atomic E-state index is 0. The fraction of sp³-hybridized carbons (Fsp3) is 0.522. The summed E-state index contributed by atoms with van der Waals surface area (Å²) >= 11 is 0. The van der Waals surface area contributed by atoms with Crippen LogP contribution in [0, 0.1) is 6.92 Å². The average Bonchev–Trinajstić information content (AvgIpc) is 3.25. The predicted molar refractivity (Wildman–Crippen MR) is 140 cm³/mol. The molecule has 3 N–H and O–H groups in total. The second kappa shape index (κ2) is 12.8. The number of nitrogens with zero attached hydrogens (tertiary/aromatic N) is 4. The van der Waals surface area contributed by atoms with Gasteiger partial charge in [-0.15, -0.1) is 24.0 Å². The van der Waals surface area contributed by atoms with Crippen LogP contribution in [0.1, 0.15) is 31.8 Å². The number of aliphatic hydroxyl groups is 1. The van der Waals surface area contributed by atoms with Gasteiger partial charge < -0.3 is 30.0 Å². The van der Waals surface area contributed by atoms with Crippen molar-refractivity contribution in [3.8, 4) is 0 Å². The summed E-state index contributed by atoms with van der Waals surface area (Å²) in [4.78, 5) is 25.6. The highest BCUT2D eigenvalue weighted by Gasteiger charge is 2.27. The van der Waals surface area contributed by atoms with Gasteiger partial charge in [0.05, 0.1) is 6.54 Å². The Bertz CT molecular complexity index is 895. The Kier molecular flexibility index (Phi) is 10.4. The number of aliphatic imine (C=N–C) groups is 1. The molecule has 9 nitrogen and oxygen atoms in total. The molecule has 2 aromatic heterocycles. The smallest absolute Gasteiger partial charge is 0.224 e. The molecular weight excluding hydrogens is 535 g/mol. The molecule has 0 aromatic carbocycles. The summed E-state index contributed by atoms with van der Waals surface area (Å²) in [5.41, 5.74) is -1.21. The van der Waals surface area contributed by atoms with Gasteiger partial charge in [0.2, 0.25) is 5.91 Å². The van der Waals surface area contributed by atoms with E-state index in [1.165, 1.54) is 0 Å². The zero-order valence-electron chi connectivity index (χ0n) is 19.6. The van der Waals surface area contributed by atoms with Gasteiger partial charge in [-0.1, -0.05) is 6.07 Å². The van der Waals surface area contributed by atoms with Crippen LogP contribution in [-0.2, 0) is 10.4 Å². The summed E-state index contributed by atoms with van der Waals surface area (Å²) < 4.78 is 5.54. The van der Waals surface area contributed by atoms with Gasteiger partial charge in [-0.3, -0.25) is 4.79 Å². The molecule has 33 heavy (non-hydrogen) atoms. The quantitative estimate of drug-likeness (QED) is 0.254. The molecule has 1 saturated heterocycles. The van der Waals surface area contributed by atoms with Crippen LogP contribution >= 0.6 is 24.0 Å². The number of hydrogen-bond donors (Lipinski definition) is 3. The number of nitrogens with one attached hydrogen (secondary N) is 2. The Morgan fingerprint density at radius 2 is 1.97 bits per heavy atom. The average molecular weight is 570 g/mol. The monoisotopic (exact) mass is 570 g/mol. The summed E-state index contributed by atoms with van der Waals surface area (Å²) in [6, 6.07) is 9.45. The van der Waals surface area contributed by atoms with Gasteiger partial charge in [-0.2, -0.15) is 0 Å². The lowest BCUT2D eigenvalue weighted by atomic mass is 10.0. The Labute approximate surface area is 212 Å². The molecule has 1 aliphatic rings. The largest absolute Gasteiger partial charge is 0.463 e. The lowest BCUT2D eigenvalue weighted by Gasteiger charge is -2.35. The highest BCUT2D eigenvalue weighted by Crippen LogP contribution is 2.23. The van der Waals surface area contributed by atoms with E-state index in [1.807, 2.05) is 43.0 Å². The van der Waals surface area contributed by atoms with E-state index >= 15 is 0 Å². The number of carbonyl (C=O) groups is 1. The second-order valence-electron chi connectivity index (χ2n) is 8.11. The van der Waals surface area contributed by atoms with Crippen molar-refractivity contribution >= 4 is 41.7 Å². The molecule has 0 saturated carbocycles. The molecule has 2 aromatic rings. The number of halogens is 1. The van der Waals surface area contributed by atoms with E-state index < -0.39 is 5.60 Å². The summed E-state index contributed by atoms with van der Waals surface area (Å²) in [5.74, 6) is 2.85. The van der Waals surface area contributed by atoms with Gasteiger partial charge >= 0.3 is 0 Å². The number of piperazine rings is 1. The Balaban J connectivity index is 0.00000385. The molecule has 3 rings (SSSR count). The molecule has 0 radical (unpaired) electrons. The van der Waals surface area contributed by atoms with E-state index in [4.69, 9.17) is 4.42 Å². The summed E-state index contributed by atoms with van der Waals surface area (Å²) in [7, 11) is 0. The summed E-state index contributed by atoms with van der Waals surface area (Å²) in [5, 5.41) is 17.0. The number of amides is 1. The van der Waals surface area contributed by atoms with Crippen LogP contribution in [0.5, 0.6) is 0 Å². The molecule has 3 heterocycles. The van der Waals surface area contributed by atoms with Gasteiger partial charge in [-0.25, -0.2) is 9.98 Å². The molecular formula is C23H35IN6O3. The normalized spacial score (nSPS) is 16.1. The molecule has 1 fully saturated rings. The van der Waals surface area contributed by atoms with Gasteiger partial charge in [0.25, 0.3) is 0 Å². The van der Waals surface area contributed by atoms with Crippen LogP contribution in [0.4, 0.5) is 5.82 Å². The Morgan fingerprint density at radius 3 is 2.58 bits per heavy atom. The molecule has 0 aliphatic carbocycles. The van der Waals surface area contributed by atoms with Crippen LogP contribution in [0.25, 0.3) is 0 Å². The van der Waals surface area contributed by atoms with Crippen LogP contribution in [0.2, 0.25) is 0 Å². The lowest BCUT2D eigenvalue weighted by Crippen LogP contribution is -2.49. The summed E-state index contributed by atoms with van der Waals surface area (Å²) in [6.07, 6.45) is 2.17. The SMILES string of the molecule is CCNC(=NCC(C)(O)c1ccc(C)o1)NCCC(=O)N1CCN(c2ccccn2)CC1.I. The van der Waals surface area contributed by atoms with Gasteiger partial charge in [0.1, 0.15) is 22.9 Å². The first kappa shape index (κ1) is 26.9.